The molecule has 2 amide bonds. The summed E-state index contributed by atoms with van der Waals surface area (Å²) in [5.74, 6) is -0.307. The number of aliphatic hydroxyl groups is 4. The first-order valence-corrected chi connectivity index (χ1v) is 12.8. The number of hydrogen-bond donors (Lipinski definition) is 6. The highest BCUT2D eigenvalue weighted by atomic mass is 16.3. The maximum Gasteiger partial charge on any atom is 0.243 e. The normalized spacial score (nSPS) is 22.4. The molecule has 0 saturated carbocycles. The molecule has 0 radical (unpaired) electrons. The number of aliphatic hydroxyl groups excluding tert-OH is 4. The minimum atomic E-state index is -0.529. The number of piperazine rings is 1. The first-order valence-electron chi connectivity index (χ1n) is 12.8. The van der Waals surface area contributed by atoms with Gasteiger partial charge in [0, 0.05) is 26.2 Å². The maximum absolute atomic E-state index is 12.5. The highest BCUT2D eigenvalue weighted by Crippen LogP contribution is 2.12. The standard InChI is InChI=1S/C24H48N4O6/c1-17(29)13-27(14-18(2)30)11-7-5-9-21-23(33)26-22(24(34)25-21)10-6-8-12-28(15-19(3)31)16-20(4)32/h17-22,29-32H,5-16H2,1-4H3,(H,25,34)(H,26,33)/t17-,18+,19-,20+,21?,22?. The quantitative estimate of drug-likeness (QED) is 0.141. The van der Waals surface area contributed by atoms with Crippen LogP contribution in [0.15, 0.2) is 0 Å². The molecule has 10 heteroatoms. The van der Waals surface area contributed by atoms with E-state index in [-0.39, 0.29) is 11.8 Å². The van der Waals surface area contributed by atoms with Gasteiger partial charge in [-0.2, -0.15) is 0 Å². The monoisotopic (exact) mass is 488 g/mol. The fraction of sp³-hybridized carbons (Fsp3) is 0.917. The van der Waals surface area contributed by atoms with E-state index in [1.165, 1.54) is 0 Å². The van der Waals surface area contributed by atoms with Gasteiger partial charge in [-0.15, -0.1) is 0 Å². The summed E-state index contributed by atoms with van der Waals surface area (Å²) in [5.41, 5.74) is 0. The summed E-state index contributed by atoms with van der Waals surface area (Å²) in [6.07, 6.45) is 2.32. The lowest BCUT2D eigenvalue weighted by Crippen LogP contribution is -2.61. The topological polar surface area (TPSA) is 146 Å². The van der Waals surface area contributed by atoms with E-state index >= 15 is 0 Å². The lowest BCUT2D eigenvalue weighted by molar-refractivity contribution is -0.137. The van der Waals surface area contributed by atoms with E-state index in [2.05, 4.69) is 10.6 Å². The molecule has 0 aromatic heterocycles. The van der Waals surface area contributed by atoms with Crippen molar-refractivity contribution in [2.75, 3.05) is 39.3 Å². The fourth-order valence-corrected chi connectivity index (χ4v) is 4.46. The van der Waals surface area contributed by atoms with Crippen molar-refractivity contribution < 1.29 is 30.0 Å². The second-order valence-electron chi connectivity index (χ2n) is 10.0. The summed E-state index contributed by atoms with van der Waals surface area (Å²) in [4.78, 5) is 29.0. The largest absolute Gasteiger partial charge is 0.392 e. The Morgan fingerprint density at radius 3 is 1.18 bits per heavy atom. The van der Waals surface area contributed by atoms with Crippen molar-refractivity contribution in [2.45, 2.75) is 103 Å². The van der Waals surface area contributed by atoms with Crippen molar-refractivity contribution in [3.8, 4) is 0 Å². The maximum atomic E-state index is 12.5. The van der Waals surface area contributed by atoms with Crippen LogP contribution in [0.3, 0.4) is 0 Å². The highest BCUT2D eigenvalue weighted by Gasteiger charge is 2.32. The smallest absolute Gasteiger partial charge is 0.243 e. The van der Waals surface area contributed by atoms with Crippen LogP contribution < -0.4 is 10.6 Å². The van der Waals surface area contributed by atoms with Crippen molar-refractivity contribution in [3.05, 3.63) is 0 Å². The molecule has 34 heavy (non-hydrogen) atoms. The van der Waals surface area contributed by atoms with Gasteiger partial charge in [-0.25, -0.2) is 0 Å². The molecule has 6 N–H and O–H groups in total. The zero-order valence-electron chi connectivity index (χ0n) is 21.4. The van der Waals surface area contributed by atoms with Gasteiger partial charge in [0.1, 0.15) is 12.1 Å². The number of amides is 2. The molecule has 1 aliphatic rings. The summed E-state index contributed by atoms with van der Waals surface area (Å²) < 4.78 is 0. The molecule has 10 nitrogen and oxygen atoms in total. The third kappa shape index (κ3) is 13.6. The molecule has 0 aromatic rings. The Hall–Kier alpha value is -1.30. The molecule has 0 bridgehead atoms. The Morgan fingerprint density at radius 1 is 0.618 bits per heavy atom. The van der Waals surface area contributed by atoms with E-state index in [0.717, 1.165) is 25.7 Å². The van der Waals surface area contributed by atoms with Gasteiger partial charge in [-0.05, 0) is 79.3 Å². The first-order chi connectivity index (χ1) is 16.0. The number of unbranched alkanes of at least 4 members (excludes halogenated alkanes) is 2. The molecule has 1 saturated heterocycles. The lowest BCUT2D eigenvalue weighted by Gasteiger charge is -2.30. The number of nitrogens with one attached hydrogen (secondary N) is 2. The van der Waals surface area contributed by atoms with Crippen LogP contribution in [0.5, 0.6) is 0 Å². The van der Waals surface area contributed by atoms with Crippen molar-refractivity contribution in [1.82, 2.24) is 20.4 Å². The van der Waals surface area contributed by atoms with Crippen molar-refractivity contribution >= 4 is 11.8 Å². The molecule has 200 valence electrons. The highest BCUT2D eigenvalue weighted by molar-refractivity contribution is 5.96. The third-order valence-electron chi connectivity index (χ3n) is 5.79. The Bertz CT molecular complexity index is 518. The van der Waals surface area contributed by atoms with E-state index in [9.17, 15) is 30.0 Å². The van der Waals surface area contributed by atoms with Crippen LogP contribution in [0.4, 0.5) is 0 Å². The SMILES string of the molecule is C[C@H](O)CN(CCCCC1NC(=O)C(CCCCN(C[C@H](C)O)C[C@@H](C)O)NC1=O)C[C@@H](C)O. The number of nitrogens with zero attached hydrogens (tertiary/aromatic N) is 2. The van der Waals surface area contributed by atoms with Crippen LogP contribution in [0.2, 0.25) is 0 Å². The van der Waals surface area contributed by atoms with E-state index in [4.69, 9.17) is 0 Å². The number of rotatable bonds is 18. The minimum Gasteiger partial charge on any atom is -0.392 e. The molecule has 0 spiro atoms. The van der Waals surface area contributed by atoms with Gasteiger partial charge in [0.25, 0.3) is 0 Å². The number of carbonyl (C=O) groups excluding carboxylic acids is 2. The molecule has 0 aromatic carbocycles. The second kappa shape index (κ2) is 16.4. The van der Waals surface area contributed by atoms with Gasteiger partial charge >= 0.3 is 0 Å². The van der Waals surface area contributed by atoms with E-state index < -0.39 is 36.5 Å². The molecule has 6 atom stereocenters. The van der Waals surface area contributed by atoms with Gasteiger partial charge in [-0.3, -0.25) is 19.4 Å². The predicted octanol–water partition coefficient (Wildman–Crippen LogP) is -0.563. The third-order valence-corrected chi connectivity index (χ3v) is 5.79. The van der Waals surface area contributed by atoms with Crippen LogP contribution in [0.25, 0.3) is 0 Å². The van der Waals surface area contributed by atoms with Crippen LogP contribution in [-0.2, 0) is 9.59 Å². The zero-order chi connectivity index (χ0) is 25.7. The lowest BCUT2D eigenvalue weighted by atomic mass is 10.0. The number of carbonyl (C=O) groups is 2. The molecule has 1 rings (SSSR count). The average molecular weight is 489 g/mol. The Morgan fingerprint density at radius 2 is 0.912 bits per heavy atom. The van der Waals surface area contributed by atoms with Gasteiger partial charge in [0.2, 0.25) is 11.8 Å². The Balaban J connectivity index is 2.34. The fourth-order valence-electron chi connectivity index (χ4n) is 4.46. The predicted molar refractivity (Wildman–Crippen MR) is 131 cm³/mol. The summed E-state index contributed by atoms with van der Waals surface area (Å²) in [6.45, 7) is 10.2. The van der Waals surface area contributed by atoms with Crippen LogP contribution in [-0.4, -0.2) is 118 Å². The average Bonchev–Trinajstić information content (AvgIpc) is 2.69. The van der Waals surface area contributed by atoms with Crippen molar-refractivity contribution in [2.24, 2.45) is 0 Å². The molecular formula is C24H48N4O6. The van der Waals surface area contributed by atoms with Crippen LogP contribution in [0, 0.1) is 0 Å². The second-order valence-corrected chi connectivity index (χ2v) is 10.0. The molecule has 2 unspecified atom stereocenters. The van der Waals surface area contributed by atoms with E-state index in [0.29, 0.717) is 52.1 Å². The van der Waals surface area contributed by atoms with Gasteiger partial charge in [0.05, 0.1) is 24.4 Å². The number of hydrogen-bond acceptors (Lipinski definition) is 8. The molecule has 1 aliphatic heterocycles. The summed E-state index contributed by atoms with van der Waals surface area (Å²) in [6, 6.07) is -1.06. The van der Waals surface area contributed by atoms with Crippen molar-refractivity contribution in [1.29, 1.82) is 0 Å². The van der Waals surface area contributed by atoms with Gasteiger partial charge < -0.3 is 31.1 Å². The Kier molecular flexibility index (Phi) is 14.8. The van der Waals surface area contributed by atoms with Crippen LogP contribution >= 0.6 is 0 Å². The summed E-state index contributed by atoms with van der Waals surface area (Å²) in [5, 5.41) is 44.1. The van der Waals surface area contributed by atoms with Gasteiger partial charge in [0.15, 0.2) is 0 Å². The summed E-state index contributed by atoms with van der Waals surface area (Å²) >= 11 is 0. The van der Waals surface area contributed by atoms with Crippen molar-refractivity contribution in [3.63, 3.8) is 0 Å². The molecule has 0 aliphatic carbocycles. The van der Waals surface area contributed by atoms with E-state index in [1.54, 1.807) is 27.7 Å². The molecule has 1 heterocycles. The first kappa shape index (κ1) is 30.7. The summed E-state index contributed by atoms with van der Waals surface area (Å²) in [7, 11) is 0. The van der Waals surface area contributed by atoms with Crippen LogP contribution in [0.1, 0.15) is 66.2 Å². The molecular weight excluding hydrogens is 440 g/mol. The Labute approximate surface area is 204 Å². The molecule has 1 fully saturated rings. The van der Waals surface area contributed by atoms with E-state index in [1.807, 2.05) is 9.80 Å². The minimum absolute atomic E-state index is 0.153. The zero-order valence-corrected chi connectivity index (χ0v) is 21.4. The van der Waals surface area contributed by atoms with Gasteiger partial charge in [-0.1, -0.05) is 0 Å².